The predicted octanol–water partition coefficient (Wildman–Crippen LogP) is 1.56. The number of pyridine rings is 1. The molecular formula is C15H19N3O3. The maximum Gasteiger partial charge on any atom is 0.225 e. The molecule has 0 saturated carbocycles. The zero-order valence-corrected chi connectivity index (χ0v) is 12.0. The van der Waals surface area contributed by atoms with Crippen molar-refractivity contribution in [3.8, 4) is 5.88 Å². The van der Waals surface area contributed by atoms with Gasteiger partial charge in [-0.2, -0.15) is 0 Å². The molecule has 2 rings (SSSR count). The van der Waals surface area contributed by atoms with Gasteiger partial charge in [0.15, 0.2) is 0 Å². The minimum absolute atomic E-state index is 0.0662. The zero-order valence-electron chi connectivity index (χ0n) is 12.0. The molecule has 0 aliphatic heterocycles. The minimum Gasteiger partial charge on any atom is -0.475 e. The van der Waals surface area contributed by atoms with Gasteiger partial charge in [-0.15, -0.1) is 0 Å². The number of benzene rings is 1. The van der Waals surface area contributed by atoms with Crippen LogP contribution in [0, 0.1) is 5.41 Å². The zero-order chi connectivity index (χ0) is 15.1. The highest BCUT2D eigenvalue weighted by Gasteiger charge is 2.10. The predicted molar refractivity (Wildman–Crippen MR) is 80.9 cm³/mol. The summed E-state index contributed by atoms with van der Waals surface area (Å²) in [7, 11) is 1.62. The molecule has 21 heavy (non-hydrogen) atoms. The van der Waals surface area contributed by atoms with Gasteiger partial charge in [-0.25, -0.2) is 4.98 Å². The molecule has 3 N–H and O–H groups in total. The fraction of sp³-hybridized carbons (Fsp3) is 0.333. The molecule has 0 radical (unpaired) electrons. The molecule has 0 aliphatic rings. The Morgan fingerprint density at radius 2 is 1.95 bits per heavy atom. The number of hydrogen-bond acceptors (Lipinski definition) is 5. The fourth-order valence-corrected chi connectivity index (χ4v) is 1.84. The number of hydrogen-bond donors (Lipinski definition) is 2. The van der Waals surface area contributed by atoms with Crippen LogP contribution in [-0.2, 0) is 9.47 Å². The van der Waals surface area contributed by atoms with E-state index >= 15 is 0 Å². The van der Waals surface area contributed by atoms with Gasteiger partial charge < -0.3 is 19.9 Å². The van der Waals surface area contributed by atoms with E-state index in [1.807, 2.05) is 30.3 Å². The second-order valence-corrected chi connectivity index (χ2v) is 4.40. The fourth-order valence-electron chi connectivity index (χ4n) is 1.84. The Morgan fingerprint density at radius 3 is 2.71 bits per heavy atom. The normalized spacial score (nSPS) is 10.7. The molecule has 1 aromatic heterocycles. The molecule has 0 aliphatic carbocycles. The quantitative estimate of drug-likeness (QED) is 0.437. The molecule has 0 spiro atoms. The highest BCUT2D eigenvalue weighted by molar-refractivity contribution is 6.00. The maximum absolute atomic E-state index is 7.63. The van der Waals surface area contributed by atoms with Gasteiger partial charge >= 0.3 is 0 Å². The lowest BCUT2D eigenvalue weighted by atomic mass is 10.1. The van der Waals surface area contributed by atoms with Crippen molar-refractivity contribution in [3.05, 3.63) is 35.9 Å². The summed E-state index contributed by atoms with van der Waals surface area (Å²) in [5, 5.41) is 8.56. The summed E-state index contributed by atoms with van der Waals surface area (Å²) < 4.78 is 15.8. The first kappa shape index (κ1) is 15.2. The number of fused-ring (bicyclic) bond motifs is 1. The van der Waals surface area contributed by atoms with Crippen molar-refractivity contribution in [3.63, 3.8) is 0 Å². The lowest BCUT2D eigenvalue weighted by Gasteiger charge is -2.11. The minimum atomic E-state index is -0.0662. The van der Waals surface area contributed by atoms with Crippen LogP contribution in [-0.4, -0.2) is 44.4 Å². The van der Waals surface area contributed by atoms with Gasteiger partial charge in [0.25, 0.3) is 0 Å². The average Bonchev–Trinajstić information content (AvgIpc) is 2.49. The largest absolute Gasteiger partial charge is 0.475 e. The Bertz CT molecular complexity index is 616. The third-order valence-corrected chi connectivity index (χ3v) is 2.88. The number of ether oxygens (including phenoxy) is 3. The molecule has 1 heterocycles. The van der Waals surface area contributed by atoms with E-state index in [1.54, 1.807) is 7.11 Å². The number of amidine groups is 1. The van der Waals surface area contributed by atoms with E-state index in [-0.39, 0.29) is 5.84 Å². The molecule has 112 valence electrons. The Labute approximate surface area is 123 Å². The van der Waals surface area contributed by atoms with E-state index in [1.165, 1.54) is 0 Å². The SMILES string of the molecule is COCCOCCOc1nc2ccccc2cc1C(=N)N. The molecule has 0 fully saturated rings. The van der Waals surface area contributed by atoms with Crippen LogP contribution in [0.4, 0.5) is 0 Å². The molecular weight excluding hydrogens is 270 g/mol. The monoisotopic (exact) mass is 289 g/mol. The number of nitrogens with one attached hydrogen (secondary N) is 1. The number of nitrogens with zero attached hydrogens (tertiary/aromatic N) is 1. The number of methoxy groups -OCH3 is 1. The number of nitrogen functional groups attached to an aromatic ring is 1. The Morgan fingerprint density at radius 1 is 1.19 bits per heavy atom. The molecule has 2 aromatic rings. The Kier molecular flexibility index (Phi) is 5.48. The summed E-state index contributed by atoms with van der Waals surface area (Å²) in [6.45, 7) is 1.84. The summed E-state index contributed by atoms with van der Waals surface area (Å²) in [5.74, 6) is 0.292. The molecule has 0 amide bonds. The smallest absolute Gasteiger partial charge is 0.225 e. The van der Waals surface area contributed by atoms with Crippen molar-refractivity contribution >= 4 is 16.7 Å². The summed E-state index contributed by atoms with van der Waals surface area (Å²) in [6.07, 6.45) is 0. The van der Waals surface area contributed by atoms with Gasteiger partial charge in [-0.05, 0) is 12.1 Å². The van der Waals surface area contributed by atoms with Crippen LogP contribution in [0.1, 0.15) is 5.56 Å². The van der Waals surface area contributed by atoms with Gasteiger partial charge in [0.2, 0.25) is 5.88 Å². The molecule has 6 heteroatoms. The van der Waals surface area contributed by atoms with Crippen molar-refractivity contribution in [1.82, 2.24) is 4.98 Å². The first-order chi connectivity index (χ1) is 10.2. The molecule has 0 bridgehead atoms. The van der Waals surface area contributed by atoms with Crippen LogP contribution in [0.3, 0.4) is 0 Å². The second-order valence-electron chi connectivity index (χ2n) is 4.40. The van der Waals surface area contributed by atoms with E-state index in [4.69, 9.17) is 25.4 Å². The first-order valence-corrected chi connectivity index (χ1v) is 6.66. The van der Waals surface area contributed by atoms with Crippen molar-refractivity contribution < 1.29 is 14.2 Å². The van der Waals surface area contributed by atoms with Gasteiger partial charge in [0, 0.05) is 12.5 Å². The van der Waals surface area contributed by atoms with Crippen LogP contribution in [0.2, 0.25) is 0 Å². The van der Waals surface area contributed by atoms with Gasteiger partial charge in [0.1, 0.15) is 12.4 Å². The van der Waals surface area contributed by atoms with E-state index in [9.17, 15) is 0 Å². The van der Waals surface area contributed by atoms with E-state index in [2.05, 4.69) is 4.98 Å². The van der Waals surface area contributed by atoms with E-state index in [0.29, 0.717) is 37.9 Å². The summed E-state index contributed by atoms with van der Waals surface area (Å²) in [5.41, 5.74) is 6.89. The number of para-hydroxylation sites is 1. The number of rotatable bonds is 8. The maximum atomic E-state index is 7.63. The second kappa shape index (κ2) is 7.56. The third kappa shape index (κ3) is 4.14. The topological polar surface area (TPSA) is 90.5 Å². The lowest BCUT2D eigenvalue weighted by molar-refractivity contribution is 0.0537. The standard InChI is InChI=1S/C15H19N3O3/c1-19-6-7-20-8-9-21-15-12(14(16)17)10-11-4-2-3-5-13(11)18-15/h2-5,10H,6-9H2,1H3,(H3,16,17). The molecule has 0 atom stereocenters. The lowest BCUT2D eigenvalue weighted by Crippen LogP contribution is -2.16. The Balaban J connectivity index is 2.06. The summed E-state index contributed by atoms with van der Waals surface area (Å²) >= 11 is 0. The van der Waals surface area contributed by atoms with E-state index in [0.717, 1.165) is 10.9 Å². The van der Waals surface area contributed by atoms with Crippen molar-refractivity contribution in [2.45, 2.75) is 0 Å². The number of nitrogens with two attached hydrogens (primary N) is 1. The molecule has 0 unspecified atom stereocenters. The first-order valence-electron chi connectivity index (χ1n) is 6.66. The van der Waals surface area contributed by atoms with Crippen molar-refractivity contribution in [1.29, 1.82) is 5.41 Å². The van der Waals surface area contributed by atoms with Crippen LogP contribution in [0.5, 0.6) is 5.88 Å². The highest BCUT2D eigenvalue weighted by Crippen LogP contribution is 2.21. The van der Waals surface area contributed by atoms with Crippen LogP contribution >= 0.6 is 0 Å². The summed E-state index contributed by atoms with van der Waals surface area (Å²) in [4.78, 5) is 4.41. The molecule has 0 saturated heterocycles. The summed E-state index contributed by atoms with van der Waals surface area (Å²) in [6, 6.07) is 9.44. The Hall–Kier alpha value is -2.18. The third-order valence-electron chi connectivity index (χ3n) is 2.88. The average molecular weight is 289 g/mol. The molecule has 6 nitrogen and oxygen atoms in total. The highest BCUT2D eigenvalue weighted by atomic mass is 16.5. The van der Waals surface area contributed by atoms with Crippen LogP contribution in [0.15, 0.2) is 30.3 Å². The molecule has 1 aromatic carbocycles. The van der Waals surface area contributed by atoms with Gasteiger partial charge in [-0.3, -0.25) is 5.41 Å². The van der Waals surface area contributed by atoms with Crippen molar-refractivity contribution in [2.75, 3.05) is 33.5 Å². The van der Waals surface area contributed by atoms with Crippen molar-refractivity contribution in [2.24, 2.45) is 5.73 Å². The van der Waals surface area contributed by atoms with Gasteiger partial charge in [-0.1, -0.05) is 18.2 Å². The van der Waals surface area contributed by atoms with Crippen LogP contribution in [0.25, 0.3) is 10.9 Å². The van der Waals surface area contributed by atoms with E-state index < -0.39 is 0 Å². The van der Waals surface area contributed by atoms with Crippen LogP contribution < -0.4 is 10.5 Å². The number of aromatic nitrogens is 1. The van der Waals surface area contributed by atoms with Gasteiger partial charge in [0.05, 0.1) is 30.9 Å².